The zero-order chi connectivity index (χ0) is 16.9. The maximum atomic E-state index is 13.6. The van der Waals surface area contributed by atoms with Crippen molar-refractivity contribution < 1.29 is 23.8 Å². The lowest BCUT2D eigenvalue weighted by Gasteiger charge is -2.39. The van der Waals surface area contributed by atoms with E-state index in [-0.39, 0.29) is 5.71 Å². The lowest BCUT2D eigenvalue weighted by Crippen LogP contribution is -2.64. The predicted molar refractivity (Wildman–Crippen MR) is 79.2 cm³/mol. The number of carbonyl (C=O) groups excluding carboxylic acids is 2. The Hall–Kier alpha value is -2.32. The van der Waals surface area contributed by atoms with E-state index >= 15 is 0 Å². The summed E-state index contributed by atoms with van der Waals surface area (Å²) in [5.74, 6) is -2.71. The Kier molecular flexibility index (Phi) is 3.46. The van der Waals surface area contributed by atoms with Crippen LogP contribution in [0.15, 0.2) is 23.2 Å². The van der Waals surface area contributed by atoms with Crippen LogP contribution in [-0.2, 0) is 19.9 Å². The van der Waals surface area contributed by atoms with E-state index in [1.165, 1.54) is 37.3 Å². The molecule has 3 atom stereocenters. The highest BCUT2D eigenvalue weighted by Crippen LogP contribution is 2.46. The van der Waals surface area contributed by atoms with Crippen LogP contribution in [0.2, 0.25) is 0 Å². The molecule has 1 aromatic rings. The molecule has 0 radical (unpaired) electrons. The molecule has 23 heavy (non-hydrogen) atoms. The summed E-state index contributed by atoms with van der Waals surface area (Å²) in [6.45, 7) is 1.54. The highest BCUT2D eigenvalue weighted by molar-refractivity contribution is 6.16. The van der Waals surface area contributed by atoms with Crippen LogP contribution >= 0.6 is 0 Å². The van der Waals surface area contributed by atoms with Crippen LogP contribution in [0.5, 0.6) is 0 Å². The van der Waals surface area contributed by atoms with Crippen LogP contribution in [0.1, 0.15) is 12.5 Å². The molecule has 8 heteroatoms. The third-order valence-corrected chi connectivity index (χ3v) is 4.36. The van der Waals surface area contributed by atoms with Crippen LogP contribution in [0.4, 0.5) is 10.1 Å². The smallest absolute Gasteiger partial charge is 0.317 e. The van der Waals surface area contributed by atoms with E-state index in [9.17, 15) is 19.1 Å². The number of carbonyl (C=O) groups is 2. The number of hydrogen-bond acceptors (Lipinski definition) is 6. The molecule has 2 aliphatic rings. The molecule has 2 aliphatic heterocycles. The molecule has 1 spiro atoms. The Balaban J connectivity index is 2.29. The number of nitrogens with zero attached hydrogens (tertiary/aromatic N) is 2. The fourth-order valence-electron chi connectivity index (χ4n) is 3.39. The van der Waals surface area contributed by atoms with Gasteiger partial charge < -0.3 is 14.7 Å². The second-order valence-electron chi connectivity index (χ2n) is 5.58. The first-order chi connectivity index (χ1) is 10.8. The highest BCUT2D eigenvalue weighted by Gasteiger charge is 2.61. The van der Waals surface area contributed by atoms with Crippen molar-refractivity contribution in [2.45, 2.75) is 18.8 Å². The number of esters is 1. The quantitative estimate of drug-likeness (QED) is 0.717. The standard InChI is InChI=1S/C15H16FN3O4/c1-7-11(12(20)23-3)15(18-14(22)17-7)9-5-4-8(16)6-10(9)19(2)13(15)21/h4-6,11,14,18,22H,1-3H3. The number of ether oxygens (including phenoxy) is 1. The molecule has 0 saturated carbocycles. The van der Waals surface area contributed by atoms with E-state index in [0.29, 0.717) is 11.3 Å². The molecule has 0 saturated heterocycles. The van der Waals surface area contributed by atoms with Crippen molar-refractivity contribution in [3.8, 4) is 0 Å². The van der Waals surface area contributed by atoms with Crippen molar-refractivity contribution >= 4 is 23.3 Å². The SMILES string of the molecule is COC(=O)C1C(C)=NC(O)NC12C(=O)N(C)c1cc(F)ccc12. The number of halogens is 1. The Morgan fingerprint density at radius 2 is 2.22 bits per heavy atom. The Bertz CT molecular complexity index is 735. The number of fused-ring (bicyclic) bond motifs is 2. The molecule has 0 fully saturated rings. The minimum atomic E-state index is -1.57. The van der Waals surface area contributed by atoms with Crippen LogP contribution in [0, 0.1) is 11.7 Å². The van der Waals surface area contributed by atoms with Gasteiger partial charge in [-0.3, -0.25) is 14.9 Å². The van der Waals surface area contributed by atoms with Gasteiger partial charge in [0.25, 0.3) is 5.91 Å². The fourth-order valence-corrected chi connectivity index (χ4v) is 3.39. The molecule has 0 aromatic heterocycles. The van der Waals surface area contributed by atoms with Crippen molar-refractivity contribution in [3.05, 3.63) is 29.6 Å². The molecule has 3 rings (SSSR count). The van der Waals surface area contributed by atoms with E-state index in [1.807, 2.05) is 0 Å². The van der Waals surface area contributed by atoms with E-state index in [4.69, 9.17) is 4.74 Å². The largest absolute Gasteiger partial charge is 0.468 e. The number of rotatable bonds is 1. The fraction of sp³-hybridized carbons (Fsp3) is 0.400. The topological polar surface area (TPSA) is 91.2 Å². The van der Waals surface area contributed by atoms with Crippen molar-refractivity contribution in [3.63, 3.8) is 0 Å². The number of aliphatic hydroxyl groups excluding tert-OH is 1. The zero-order valence-corrected chi connectivity index (χ0v) is 12.8. The molecule has 1 aromatic carbocycles. The molecule has 122 valence electrons. The van der Waals surface area contributed by atoms with Gasteiger partial charge in [0.2, 0.25) is 6.35 Å². The van der Waals surface area contributed by atoms with Crippen molar-refractivity contribution in [1.82, 2.24) is 5.32 Å². The number of amides is 1. The van der Waals surface area contributed by atoms with Gasteiger partial charge in [0.1, 0.15) is 17.3 Å². The normalized spacial score (nSPS) is 29.5. The van der Waals surface area contributed by atoms with Gasteiger partial charge in [-0.05, 0) is 19.1 Å². The first-order valence-electron chi connectivity index (χ1n) is 6.99. The number of benzene rings is 1. The lowest BCUT2D eigenvalue weighted by molar-refractivity contribution is -0.150. The van der Waals surface area contributed by atoms with Crippen LogP contribution < -0.4 is 10.2 Å². The van der Waals surface area contributed by atoms with Gasteiger partial charge in [-0.25, -0.2) is 9.38 Å². The number of nitrogens with one attached hydrogen (secondary N) is 1. The van der Waals surface area contributed by atoms with E-state index < -0.39 is 35.5 Å². The number of hydrogen-bond donors (Lipinski definition) is 2. The second kappa shape index (κ2) is 5.10. The third-order valence-electron chi connectivity index (χ3n) is 4.36. The van der Waals surface area contributed by atoms with E-state index in [0.717, 1.165) is 0 Å². The first-order valence-corrected chi connectivity index (χ1v) is 6.99. The Labute approximate surface area is 131 Å². The lowest BCUT2D eigenvalue weighted by atomic mass is 9.75. The average Bonchev–Trinajstić information content (AvgIpc) is 2.69. The molecule has 1 amide bonds. The minimum Gasteiger partial charge on any atom is -0.468 e. The Morgan fingerprint density at radius 3 is 2.87 bits per heavy atom. The summed E-state index contributed by atoms with van der Waals surface area (Å²) in [5, 5.41) is 12.7. The van der Waals surface area contributed by atoms with Gasteiger partial charge in [0.05, 0.1) is 12.8 Å². The van der Waals surface area contributed by atoms with Crippen molar-refractivity contribution in [2.24, 2.45) is 10.9 Å². The molecule has 7 nitrogen and oxygen atoms in total. The number of aliphatic imine (C=N–C) groups is 1. The number of anilines is 1. The molecule has 2 N–H and O–H groups in total. The van der Waals surface area contributed by atoms with Crippen LogP contribution in [0.25, 0.3) is 0 Å². The van der Waals surface area contributed by atoms with Gasteiger partial charge in [-0.1, -0.05) is 6.07 Å². The molecule has 0 aliphatic carbocycles. The number of aliphatic hydroxyl groups is 1. The monoisotopic (exact) mass is 321 g/mol. The van der Waals surface area contributed by atoms with E-state index in [2.05, 4.69) is 10.3 Å². The van der Waals surface area contributed by atoms with E-state index in [1.54, 1.807) is 6.92 Å². The van der Waals surface area contributed by atoms with Gasteiger partial charge in [0, 0.05) is 18.3 Å². The second-order valence-corrected chi connectivity index (χ2v) is 5.58. The predicted octanol–water partition coefficient (Wildman–Crippen LogP) is 0.127. The first kappa shape index (κ1) is 15.6. The average molecular weight is 321 g/mol. The third kappa shape index (κ3) is 1.98. The molecule has 2 heterocycles. The molecule has 3 unspecified atom stereocenters. The molecular formula is C15H16FN3O4. The summed E-state index contributed by atoms with van der Waals surface area (Å²) in [6.07, 6.45) is -1.36. The summed E-state index contributed by atoms with van der Waals surface area (Å²) < 4.78 is 18.4. The summed E-state index contributed by atoms with van der Waals surface area (Å²) in [5.41, 5.74) is -0.578. The summed E-state index contributed by atoms with van der Waals surface area (Å²) in [4.78, 5) is 30.4. The zero-order valence-electron chi connectivity index (χ0n) is 12.8. The highest BCUT2D eigenvalue weighted by atomic mass is 19.1. The van der Waals surface area contributed by atoms with Gasteiger partial charge in [-0.2, -0.15) is 0 Å². The maximum Gasteiger partial charge on any atom is 0.317 e. The molecular weight excluding hydrogens is 305 g/mol. The van der Waals surface area contributed by atoms with Crippen molar-refractivity contribution in [2.75, 3.05) is 19.1 Å². The van der Waals surface area contributed by atoms with Crippen LogP contribution in [0.3, 0.4) is 0 Å². The minimum absolute atomic E-state index is 0.266. The maximum absolute atomic E-state index is 13.6. The molecule has 0 bridgehead atoms. The van der Waals surface area contributed by atoms with Gasteiger partial charge in [0.15, 0.2) is 0 Å². The number of methoxy groups -OCH3 is 1. The number of likely N-dealkylation sites (N-methyl/N-ethyl adjacent to an activating group) is 1. The van der Waals surface area contributed by atoms with Crippen molar-refractivity contribution in [1.29, 1.82) is 0 Å². The Morgan fingerprint density at radius 1 is 1.52 bits per heavy atom. The summed E-state index contributed by atoms with van der Waals surface area (Å²) >= 11 is 0. The van der Waals surface area contributed by atoms with Gasteiger partial charge >= 0.3 is 5.97 Å². The summed E-state index contributed by atoms with van der Waals surface area (Å²) in [6, 6.07) is 3.85. The van der Waals surface area contributed by atoms with Crippen LogP contribution in [-0.4, -0.2) is 43.2 Å². The summed E-state index contributed by atoms with van der Waals surface area (Å²) in [7, 11) is 2.70. The van der Waals surface area contributed by atoms with Gasteiger partial charge in [-0.15, -0.1) is 0 Å².